The summed E-state index contributed by atoms with van der Waals surface area (Å²) in [7, 11) is -2.08. The molecule has 2 aromatic rings. The topological polar surface area (TPSA) is 87.5 Å². The summed E-state index contributed by atoms with van der Waals surface area (Å²) in [6.45, 7) is 1.09. The van der Waals surface area contributed by atoms with Crippen LogP contribution in [0, 0.1) is 5.82 Å². The fourth-order valence-electron chi connectivity index (χ4n) is 4.76. The maximum atomic E-state index is 14.0. The molecule has 1 aromatic carbocycles. The highest BCUT2D eigenvalue weighted by Gasteiger charge is 2.48. The van der Waals surface area contributed by atoms with Crippen molar-refractivity contribution in [1.29, 1.82) is 0 Å². The van der Waals surface area contributed by atoms with E-state index >= 15 is 0 Å². The number of alkyl halides is 2. The molecule has 1 aliphatic heterocycles. The third-order valence-electron chi connectivity index (χ3n) is 6.86. The maximum Gasteiger partial charge on any atom is 0.262 e. The highest BCUT2D eigenvalue weighted by molar-refractivity contribution is 7.89. The van der Waals surface area contributed by atoms with Gasteiger partial charge in [-0.15, -0.1) is 12.4 Å². The zero-order valence-corrected chi connectivity index (χ0v) is 22.0. The summed E-state index contributed by atoms with van der Waals surface area (Å²) in [5.41, 5.74) is -0.666. The van der Waals surface area contributed by atoms with E-state index in [1.165, 1.54) is 22.9 Å². The number of carbonyl (C=O) groups is 1. The lowest BCUT2D eigenvalue weighted by Gasteiger charge is -2.50. The van der Waals surface area contributed by atoms with E-state index < -0.39 is 33.2 Å². The van der Waals surface area contributed by atoms with Crippen molar-refractivity contribution in [2.75, 3.05) is 32.7 Å². The van der Waals surface area contributed by atoms with Crippen molar-refractivity contribution in [3.8, 4) is 0 Å². The van der Waals surface area contributed by atoms with Gasteiger partial charge in [-0.25, -0.2) is 26.6 Å². The molecule has 1 aliphatic carbocycles. The minimum atomic E-state index is -3.76. The normalized spacial score (nSPS) is 20.5. The van der Waals surface area contributed by atoms with Crippen LogP contribution in [0.3, 0.4) is 0 Å². The number of benzene rings is 1. The van der Waals surface area contributed by atoms with Crippen LogP contribution < -0.4 is 5.32 Å². The Balaban J connectivity index is 0.00000361. The standard InChI is InChI=1S/C22H27ClF3N5O3S.ClH/c1-29-13-19(28-15-29)35(33,34)31-10-8-30(9-11-31)21(4-6-22(25,26)7-5-21)14-27-20(32)17-3-2-16(24)12-18(17)23;/h2-3,12-13,15H,4-11,14H2,1H3,(H,27,32);1H. The Hall–Kier alpha value is -1.86. The molecule has 1 N–H and O–H groups in total. The summed E-state index contributed by atoms with van der Waals surface area (Å²) >= 11 is 6.00. The second-order valence-corrected chi connectivity index (χ2v) is 11.4. The molecule has 8 nitrogen and oxygen atoms in total. The lowest BCUT2D eigenvalue weighted by Crippen LogP contribution is -2.63. The lowest BCUT2D eigenvalue weighted by atomic mass is 9.78. The maximum absolute atomic E-state index is 14.0. The summed E-state index contributed by atoms with van der Waals surface area (Å²) in [5.74, 6) is -3.88. The van der Waals surface area contributed by atoms with Crippen LogP contribution in [0.25, 0.3) is 0 Å². The zero-order valence-electron chi connectivity index (χ0n) is 19.6. The summed E-state index contributed by atoms with van der Waals surface area (Å²) in [4.78, 5) is 18.7. The van der Waals surface area contributed by atoms with Gasteiger partial charge in [-0.05, 0) is 31.0 Å². The van der Waals surface area contributed by atoms with E-state index in [9.17, 15) is 26.4 Å². The first-order valence-electron chi connectivity index (χ1n) is 11.3. The molecular weight excluding hydrogens is 542 g/mol. The molecule has 0 radical (unpaired) electrons. The van der Waals surface area contributed by atoms with Gasteiger partial charge in [0.25, 0.3) is 15.9 Å². The highest BCUT2D eigenvalue weighted by Crippen LogP contribution is 2.42. The fourth-order valence-corrected chi connectivity index (χ4v) is 6.40. The SMILES string of the molecule is Cl.Cn1cnc(S(=O)(=O)N2CCN(C3(CNC(=O)c4ccc(F)cc4Cl)CCC(F)(F)CC3)CC2)c1. The number of nitrogens with zero attached hydrogens (tertiary/aromatic N) is 4. The van der Waals surface area contributed by atoms with Gasteiger partial charge in [0, 0.05) is 64.3 Å². The number of piperazine rings is 1. The second kappa shape index (κ2) is 10.9. The molecule has 200 valence electrons. The summed E-state index contributed by atoms with van der Waals surface area (Å²) < 4.78 is 70.1. The minimum Gasteiger partial charge on any atom is -0.350 e. The van der Waals surface area contributed by atoms with Crippen LogP contribution >= 0.6 is 24.0 Å². The molecule has 0 atom stereocenters. The average molecular weight is 570 g/mol. The number of amides is 1. The number of hydrogen-bond acceptors (Lipinski definition) is 5. The number of halogens is 5. The first-order valence-corrected chi connectivity index (χ1v) is 13.1. The Morgan fingerprint density at radius 2 is 1.78 bits per heavy atom. The second-order valence-electron chi connectivity index (χ2n) is 9.16. The predicted octanol–water partition coefficient (Wildman–Crippen LogP) is 3.32. The number of hydrogen-bond donors (Lipinski definition) is 1. The van der Waals surface area contributed by atoms with Crippen molar-refractivity contribution in [2.24, 2.45) is 7.05 Å². The molecule has 1 saturated carbocycles. The third-order valence-corrected chi connectivity index (χ3v) is 8.96. The van der Waals surface area contributed by atoms with Gasteiger partial charge in [0.1, 0.15) is 5.82 Å². The summed E-state index contributed by atoms with van der Waals surface area (Å²) in [5, 5.41) is 2.71. The van der Waals surface area contributed by atoms with Crippen molar-refractivity contribution in [3.63, 3.8) is 0 Å². The largest absolute Gasteiger partial charge is 0.350 e. The molecule has 2 fully saturated rings. The first-order chi connectivity index (χ1) is 16.4. The van der Waals surface area contributed by atoms with Crippen LogP contribution in [0.4, 0.5) is 13.2 Å². The van der Waals surface area contributed by atoms with Gasteiger partial charge in [0.2, 0.25) is 5.92 Å². The quantitative estimate of drug-likeness (QED) is 0.576. The molecule has 4 rings (SSSR count). The zero-order chi connectivity index (χ0) is 25.4. The van der Waals surface area contributed by atoms with Crippen LogP contribution in [0.2, 0.25) is 5.02 Å². The van der Waals surface area contributed by atoms with E-state index in [0.717, 1.165) is 12.1 Å². The van der Waals surface area contributed by atoms with Crippen LogP contribution in [0.1, 0.15) is 36.0 Å². The van der Waals surface area contributed by atoms with E-state index in [1.54, 1.807) is 11.6 Å². The van der Waals surface area contributed by atoms with Crippen LogP contribution in [-0.2, 0) is 17.1 Å². The summed E-state index contributed by atoms with van der Waals surface area (Å²) in [6, 6.07) is 3.43. The van der Waals surface area contributed by atoms with E-state index in [1.807, 2.05) is 4.90 Å². The number of carbonyl (C=O) groups excluding carboxylic acids is 1. The van der Waals surface area contributed by atoms with Gasteiger partial charge in [-0.1, -0.05) is 11.6 Å². The monoisotopic (exact) mass is 569 g/mol. The van der Waals surface area contributed by atoms with Gasteiger partial charge < -0.3 is 9.88 Å². The number of aromatic nitrogens is 2. The van der Waals surface area contributed by atoms with Crippen molar-refractivity contribution >= 4 is 39.9 Å². The van der Waals surface area contributed by atoms with E-state index in [-0.39, 0.29) is 73.3 Å². The molecule has 36 heavy (non-hydrogen) atoms. The molecule has 1 saturated heterocycles. The van der Waals surface area contributed by atoms with E-state index in [2.05, 4.69) is 10.3 Å². The number of imidazole rings is 1. The van der Waals surface area contributed by atoms with E-state index in [4.69, 9.17) is 11.6 Å². The first kappa shape index (κ1) is 28.7. The molecule has 0 spiro atoms. The van der Waals surface area contributed by atoms with Crippen LogP contribution in [0.15, 0.2) is 35.7 Å². The van der Waals surface area contributed by atoms with Gasteiger partial charge in [0.15, 0.2) is 5.03 Å². The Morgan fingerprint density at radius 1 is 1.14 bits per heavy atom. The Kier molecular flexibility index (Phi) is 8.66. The van der Waals surface area contributed by atoms with E-state index in [0.29, 0.717) is 13.1 Å². The van der Waals surface area contributed by atoms with Gasteiger partial charge in [-0.3, -0.25) is 9.69 Å². The van der Waals surface area contributed by atoms with Crippen molar-refractivity contribution < 1.29 is 26.4 Å². The Labute approximate surface area is 219 Å². The molecular formula is C22H28Cl2F3N5O3S. The van der Waals surface area contributed by atoms with Crippen molar-refractivity contribution in [2.45, 2.75) is 42.2 Å². The predicted molar refractivity (Wildman–Crippen MR) is 131 cm³/mol. The molecule has 1 amide bonds. The smallest absolute Gasteiger partial charge is 0.262 e. The molecule has 2 heterocycles. The lowest BCUT2D eigenvalue weighted by molar-refractivity contribution is -0.0856. The molecule has 0 unspecified atom stereocenters. The number of aryl methyl sites for hydroxylation is 1. The van der Waals surface area contributed by atoms with Crippen molar-refractivity contribution in [3.05, 3.63) is 47.1 Å². The number of sulfonamides is 1. The number of nitrogens with one attached hydrogen (secondary N) is 1. The van der Waals surface area contributed by atoms with Crippen LogP contribution in [-0.4, -0.2) is 77.3 Å². The average Bonchev–Trinajstić information content (AvgIpc) is 3.26. The minimum absolute atomic E-state index is 0. The molecule has 14 heteroatoms. The Morgan fingerprint density at radius 3 is 2.33 bits per heavy atom. The Bertz CT molecular complexity index is 1190. The van der Waals surface area contributed by atoms with Gasteiger partial charge in [-0.2, -0.15) is 4.31 Å². The highest BCUT2D eigenvalue weighted by atomic mass is 35.5. The fraction of sp³-hybridized carbons (Fsp3) is 0.545. The van der Waals surface area contributed by atoms with Gasteiger partial charge in [0.05, 0.1) is 16.9 Å². The molecule has 2 aliphatic rings. The van der Waals surface area contributed by atoms with Crippen molar-refractivity contribution in [1.82, 2.24) is 24.1 Å². The third kappa shape index (κ3) is 5.99. The number of rotatable bonds is 6. The van der Waals surface area contributed by atoms with Gasteiger partial charge >= 0.3 is 0 Å². The van der Waals surface area contributed by atoms with Crippen LogP contribution in [0.5, 0.6) is 0 Å². The summed E-state index contributed by atoms with van der Waals surface area (Å²) in [6.07, 6.45) is 2.48. The molecule has 0 bridgehead atoms. The molecule has 1 aromatic heterocycles.